The number of methoxy groups -OCH3 is 1. The van der Waals surface area contributed by atoms with Crippen LogP contribution in [0.3, 0.4) is 0 Å². The summed E-state index contributed by atoms with van der Waals surface area (Å²) < 4.78 is 109. The van der Waals surface area contributed by atoms with Gasteiger partial charge in [0.15, 0.2) is 0 Å². The highest BCUT2D eigenvalue weighted by atomic mass is 32.2. The lowest BCUT2D eigenvalue weighted by Crippen LogP contribution is -2.06. The molecule has 0 aliphatic heterocycles. The largest absolute Gasteiger partial charge is 0.497 e. The van der Waals surface area contributed by atoms with Crippen LogP contribution in [0.1, 0.15) is 5.56 Å². The molecule has 11 nitrogen and oxygen atoms in total. The van der Waals surface area contributed by atoms with Crippen molar-refractivity contribution in [1.29, 1.82) is 0 Å². The first-order valence-corrected chi connectivity index (χ1v) is 23.9. The van der Waals surface area contributed by atoms with Gasteiger partial charge in [-0.3, -0.25) is 4.55 Å². The minimum atomic E-state index is -4.61. The van der Waals surface area contributed by atoms with Gasteiger partial charge in [-0.25, -0.2) is 16.8 Å². The van der Waals surface area contributed by atoms with Gasteiger partial charge in [-0.2, -0.15) is 8.42 Å². The summed E-state index contributed by atoms with van der Waals surface area (Å²) in [4.78, 5) is -0.577. The smallest absolute Gasteiger partial charge is 0.294 e. The Bertz CT molecular complexity index is 3260. The predicted octanol–water partition coefficient (Wildman–Crippen LogP) is 11.6. The zero-order chi connectivity index (χ0) is 45.1. The van der Waals surface area contributed by atoms with E-state index >= 15 is 0 Å². The highest BCUT2D eigenvalue weighted by molar-refractivity contribution is 7.92. The van der Waals surface area contributed by atoms with Crippen LogP contribution in [0.2, 0.25) is 0 Å². The molecule has 0 saturated heterocycles. The maximum absolute atomic E-state index is 13.5. The van der Waals surface area contributed by atoms with Crippen molar-refractivity contribution in [3.05, 3.63) is 194 Å². The Morgan fingerprint density at radius 2 is 0.594 bits per heavy atom. The van der Waals surface area contributed by atoms with Crippen LogP contribution < -0.4 is 18.9 Å². The third kappa shape index (κ3) is 9.70. The summed E-state index contributed by atoms with van der Waals surface area (Å²) in [5, 5.41) is 0. The van der Waals surface area contributed by atoms with E-state index in [1.165, 1.54) is 67.6 Å². The van der Waals surface area contributed by atoms with Crippen LogP contribution in [0.15, 0.2) is 213 Å². The first-order valence-electron chi connectivity index (χ1n) is 19.5. The minimum absolute atomic E-state index is 0.0766. The highest BCUT2D eigenvalue weighted by Crippen LogP contribution is 2.33. The third-order valence-corrected chi connectivity index (χ3v) is 14.7. The number of sulfone groups is 2. The summed E-state index contributed by atoms with van der Waals surface area (Å²) >= 11 is 0. The van der Waals surface area contributed by atoms with E-state index in [1.54, 1.807) is 55.6 Å². The molecule has 8 aromatic carbocycles. The highest BCUT2D eigenvalue weighted by Gasteiger charge is 2.23. The molecule has 0 amide bonds. The third-order valence-electron chi connectivity index (χ3n) is 10.2. The molecule has 0 heterocycles. The fraction of sp³-hybridized carbons (Fsp3) is 0.0400. The van der Waals surface area contributed by atoms with E-state index in [4.69, 9.17) is 18.9 Å². The monoisotopic (exact) mass is 910 g/mol. The van der Waals surface area contributed by atoms with Crippen LogP contribution in [0, 0.1) is 6.92 Å². The Hall–Kier alpha value is -7.23. The van der Waals surface area contributed by atoms with Gasteiger partial charge in [0.2, 0.25) is 19.7 Å². The number of benzene rings is 8. The maximum Gasteiger partial charge on any atom is 0.294 e. The minimum Gasteiger partial charge on any atom is -0.497 e. The first-order chi connectivity index (χ1) is 30.6. The molecule has 0 saturated carbocycles. The standard InChI is InChI=1S/C50H38O11S3/c1-34-3-26-49(33-50(34)64(55,56)57)63(53,54)48-31-24-45(25-32-48)61-42-18-10-38(11-19-42)37-8-16-41(17-9-37)60-44-22-29-47(30-23-44)62(51,52)46-27-20-43(21-28-46)59-40-14-6-36(7-15-40)35-4-12-39(58-2)13-5-35/h3-33H,1-2H3,(H,55,56,57). The van der Waals surface area contributed by atoms with Crippen molar-refractivity contribution in [2.24, 2.45) is 0 Å². The average Bonchev–Trinajstić information content (AvgIpc) is 3.30. The first kappa shape index (κ1) is 43.4. The zero-order valence-corrected chi connectivity index (χ0v) is 36.6. The number of hydrogen-bond donors (Lipinski definition) is 1. The van der Waals surface area contributed by atoms with E-state index in [9.17, 15) is 29.8 Å². The molecule has 0 bridgehead atoms. The Morgan fingerprint density at radius 3 is 0.875 bits per heavy atom. The molecule has 0 aliphatic carbocycles. The molecule has 8 rings (SSSR count). The van der Waals surface area contributed by atoms with Crippen LogP contribution in [-0.4, -0.2) is 36.9 Å². The summed E-state index contributed by atoms with van der Waals surface area (Å²) in [7, 11) is -10.9. The van der Waals surface area contributed by atoms with Gasteiger partial charge in [0.25, 0.3) is 10.1 Å². The van der Waals surface area contributed by atoms with Crippen molar-refractivity contribution < 1.29 is 48.8 Å². The van der Waals surface area contributed by atoms with E-state index in [-0.39, 0.29) is 25.1 Å². The molecule has 0 fully saturated rings. The van der Waals surface area contributed by atoms with Crippen molar-refractivity contribution in [3.8, 4) is 62.5 Å². The van der Waals surface area contributed by atoms with E-state index in [0.717, 1.165) is 34.1 Å². The number of rotatable bonds is 14. The van der Waals surface area contributed by atoms with Gasteiger partial charge in [-0.15, -0.1) is 0 Å². The normalized spacial score (nSPS) is 11.7. The molecule has 0 atom stereocenters. The van der Waals surface area contributed by atoms with Gasteiger partial charge in [0.05, 0.1) is 31.6 Å². The zero-order valence-electron chi connectivity index (χ0n) is 34.2. The van der Waals surface area contributed by atoms with Gasteiger partial charge in [0, 0.05) is 0 Å². The maximum atomic E-state index is 13.5. The van der Waals surface area contributed by atoms with Crippen LogP contribution >= 0.6 is 0 Å². The van der Waals surface area contributed by atoms with Crippen molar-refractivity contribution in [2.45, 2.75) is 31.4 Å². The van der Waals surface area contributed by atoms with Crippen LogP contribution in [-0.2, 0) is 29.8 Å². The Kier molecular flexibility index (Phi) is 12.1. The van der Waals surface area contributed by atoms with Crippen LogP contribution in [0.25, 0.3) is 22.3 Å². The Morgan fingerprint density at radius 1 is 0.344 bits per heavy atom. The van der Waals surface area contributed by atoms with E-state index in [2.05, 4.69) is 0 Å². The van der Waals surface area contributed by atoms with E-state index in [0.29, 0.717) is 34.5 Å². The summed E-state index contributed by atoms with van der Waals surface area (Å²) in [6.07, 6.45) is 0. The lowest BCUT2D eigenvalue weighted by molar-refractivity contribution is 0.415. The van der Waals surface area contributed by atoms with Gasteiger partial charge < -0.3 is 18.9 Å². The lowest BCUT2D eigenvalue weighted by atomic mass is 10.1. The van der Waals surface area contributed by atoms with Crippen molar-refractivity contribution in [3.63, 3.8) is 0 Å². The molecule has 14 heteroatoms. The molecule has 1 N–H and O–H groups in total. The summed E-state index contributed by atoms with van der Waals surface area (Å²) in [6, 6.07) is 51.8. The molecule has 322 valence electrons. The second kappa shape index (κ2) is 17.9. The molecular weight excluding hydrogens is 873 g/mol. The molecule has 0 spiro atoms. The topological polar surface area (TPSA) is 160 Å². The fourth-order valence-corrected chi connectivity index (χ4v) is 10.1. The number of hydrogen-bond acceptors (Lipinski definition) is 10. The molecular formula is C50H38O11S3. The number of aryl methyl sites for hydroxylation is 1. The predicted molar refractivity (Wildman–Crippen MR) is 242 cm³/mol. The molecule has 0 aromatic heterocycles. The van der Waals surface area contributed by atoms with E-state index in [1.807, 2.05) is 72.8 Å². The molecule has 0 aliphatic rings. The molecule has 0 radical (unpaired) electrons. The summed E-state index contributed by atoms with van der Waals surface area (Å²) in [6.45, 7) is 1.46. The van der Waals surface area contributed by atoms with Crippen molar-refractivity contribution >= 4 is 29.8 Å². The second-order valence-corrected chi connectivity index (χ2v) is 19.7. The molecule has 0 unspecified atom stereocenters. The number of ether oxygens (including phenoxy) is 4. The van der Waals surface area contributed by atoms with Gasteiger partial charge in [-0.1, -0.05) is 54.6 Å². The van der Waals surface area contributed by atoms with Gasteiger partial charge in [-0.05, 0) is 168 Å². The van der Waals surface area contributed by atoms with E-state index < -0.39 is 34.7 Å². The lowest BCUT2D eigenvalue weighted by Gasteiger charge is -2.11. The SMILES string of the molecule is COc1ccc(-c2ccc(Oc3ccc(S(=O)(=O)c4ccc(Oc5ccc(-c6ccc(Oc7ccc(S(=O)(=O)c8ccc(C)c(S(=O)(=O)O)c8)cc7)cc6)cc5)cc4)cc3)cc2)cc1. The summed E-state index contributed by atoms with van der Waals surface area (Å²) in [5.74, 6) is 3.80. The Balaban J connectivity index is 0.847. The van der Waals surface area contributed by atoms with Crippen molar-refractivity contribution in [1.82, 2.24) is 0 Å². The summed E-state index contributed by atoms with van der Waals surface area (Å²) in [5.41, 5.74) is 4.08. The van der Waals surface area contributed by atoms with Crippen LogP contribution in [0.5, 0.6) is 40.2 Å². The van der Waals surface area contributed by atoms with Crippen LogP contribution in [0.4, 0.5) is 0 Å². The molecule has 8 aromatic rings. The fourth-order valence-electron chi connectivity index (χ4n) is 6.70. The molecule has 64 heavy (non-hydrogen) atoms. The van der Waals surface area contributed by atoms with Gasteiger partial charge >= 0.3 is 0 Å². The Labute approximate surface area is 371 Å². The quantitative estimate of drug-likeness (QED) is 0.103. The average molecular weight is 911 g/mol. The second-order valence-electron chi connectivity index (χ2n) is 14.4. The van der Waals surface area contributed by atoms with Gasteiger partial charge in [0.1, 0.15) is 40.2 Å². The van der Waals surface area contributed by atoms with Crippen molar-refractivity contribution in [2.75, 3.05) is 7.11 Å².